The van der Waals surface area contributed by atoms with Crippen molar-refractivity contribution in [1.82, 2.24) is 5.32 Å². The number of piperidine rings is 1. The average Bonchev–Trinajstić information content (AvgIpc) is 2.72. The first-order valence-corrected chi connectivity index (χ1v) is 9.39. The minimum absolute atomic E-state index is 0.0296. The molecule has 6 nitrogen and oxygen atoms in total. The average molecular weight is 370 g/mol. The number of nitrogens with one attached hydrogen (secondary N) is 2. The van der Waals surface area contributed by atoms with Gasteiger partial charge in [0.05, 0.1) is 7.11 Å². The summed E-state index contributed by atoms with van der Waals surface area (Å²) in [5.74, 6) is 0.808. The molecule has 144 valence electrons. The number of amides is 1. The molecule has 2 aromatic carbocycles. The van der Waals surface area contributed by atoms with E-state index in [1.54, 1.807) is 6.07 Å². The van der Waals surface area contributed by atoms with Crippen molar-refractivity contribution in [3.05, 3.63) is 36.4 Å². The van der Waals surface area contributed by atoms with Crippen LogP contribution in [-0.2, 0) is 14.3 Å². The molecule has 2 N–H and O–H groups in total. The molecule has 0 aromatic heterocycles. The van der Waals surface area contributed by atoms with E-state index in [2.05, 4.69) is 15.4 Å². The lowest BCUT2D eigenvalue weighted by atomic mass is 9.93. The number of hydrogen-bond donors (Lipinski definition) is 2. The van der Waals surface area contributed by atoms with E-state index in [1.165, 1.54) is 7.11 Å². The van der Waals surface area contributed by atoms with Crippen LogP contribution in [0.15, 0.2) is 36.4 Å². The zero-order chi connectivity index (χ0) is 19.1. The SMILES string of the molecule is COC(=O)COc1ccc(NC(=O)CCC2CCNCC2)c2ccccc12. The summed E-state index contributed by atoms with van der Waals surface area (Å²) in [7, 11) is 1.33. The molecule has 0 unspecified atom stereocenters. The van der Waals surface area contributed by atoms with Gasteiger partial charge in [0.2, 0.25) is 5.91 Å². The van der Waals surface area contributed by atoms with Crippen molar-refractivity contribution in [2.45, 2.75) is 25.7 Å². The largest absolute Gasteiger partial charge is 0.481 e. The number of benzene rings is 2. The van der Waals surface area contributed by atoms with Gasteiger partial charge < -0.3 is 20.1 Å². The van der Waals surface area contributed by atoms with Crippen LogP contribution in [0.1, 0.15) is 25.7 Å². The van der Waals surface area contributed by atoms with E-state index in [-0.39, 0.29) is 12.5 Å². The van der Waals surface area contributed by atoms with Crippen molar-refractivity contribution < 1.29 is 19.1 Å². The number of rotatable bonds is 7. The second-order valence-electron chi connectivity index (χ2n) is 6.80. The maximum Gasteiger partial charge on any atom is 0.343 e. The molecule has 1 heterocycles. The van der Waals surface area contributed by atoms with Crippen LogP contribution in [0.4, 0.5) is 5.69 Å². The normalized spacial score (nSPS) is 14.7. The molecule has 0 radical (unpaired) electrons. The predicted molar refractivity (Wildman–Crippen MR) is 105 cm³/mol. The number of carbonyl (C=O) groups excluding carboxylic acids is 2. The summed E-state index contributed by atoms with van der Waals surface area (Å²) in [6, 6.07) is 11.2. The molecule has 0 saturated carbocycles. The highest BCUT2D eigenvalue weighted by molar-refractivity contribution is 6.04. The van der Waals surface area contributed by atoms with Crippen LogP contribution in [0.3, 0.4) is 0 Å². The van der Waals surface area contributed by atoms with Crippen LogP contribution in [0, 0.1) is 5.92 Å². The van der Waals surface area contributed by atoms with Gasteiger partial charge in [-0.2, -0.15) is 0 Å². The van der Waals surface area contributed by atoms with E-state index in [4.69, 9.17) is 4.74 Å². The van der Waals surface area contributed by atoms with Crippen molar-refractivity contribution in [3.8, 4) is 5.75 Å². The first-order chi connectivity index (χ1) is 13.2. The number of fused-ring (bicyclic) bond motifs is 1. The van der Waals surface area contributed by atoms with E-state index in [0.29, 0.717) is 18.1 Å². The fraction of sp³-hybridized carbons (Fsp3) is 0.429. The third-order valence-corrected chi connectivity index (χ3v) is 4.97. The van der Waals surface area contributed by atoms with Gasteiger partial charge in [-0.3, -0.25) is 4.79 Å². The number of ether oxygens (including phenoxy) is 2. The third kappa shape index (κ3) is 5.20. The Morgan fingerprint density at radius 2 is 1.85 bits per heavy atom. The van der Waals surface area contributed by atoms with Gasteiger partial charge in [-0.25, -0.2) is 4.79 Å². The third-order valence-electron chi connectivity index (χ3n) is 4.97. The summed E-state index contributed by atoms with van der Waals surface area (Å²) in [5, 5.41) is 8.10. The predicted octanol–water partition coefficient (Wildman–Crippen LogP) is 3.11. The first-order valence-electron chi connectivity index (χ1n) is 9.39. The van der Waals surface area contributed by atoms with Crippen LogP contribution >= 0.6 is 0 Å². The molecule has 1 aliphatic rings. The highest BCUT2D eigenvalue weighted by Gasteiger charge is 2.15. The van der Waals surface area contributed by atoms with Crippen LogP contribution in [0.25, 0.3) is 10.8 Å². The minimum atomic E-state index is -0.436. The number of hydrogen-bond acceptors (Lipinski definition) is 5. The van der Waals surface area contributed by atoms with Crippen molar-refractivity contribution in [3.63, 3.8) is 0 Å². The molecule has 0 bridgehead atoms. The first kappa shape index (κ1) is 19.2. The van der Waals surface area contributed by atoms with Gasteiger partial charge >= 0.3 is 5.97 Å². The summed E-state index contributed by atoms with van der Waals surface area (Å²) in [4.78, 5) is 23.7. The monoisotopic (exact) mass is 370 g/mol. The van der Waals surface area contributed by atoms with Gasteiger partial charge in [-0.1, -0.05) is 24.3 Å². The fourth-order valence-corrected chi connectivity index (χ4v) is 3.42. The Labute approximate surface area is 159 Å². The van der Waals surface area contributed by atoms with Gasteiger partial charge in [0, 0.05) is 22.9 Å². The van der Waals surface area contributed by atoms with E-state index in [0.717, 1.165) is 48.8 Å². The Morgan fingerprint density at radius 1 is 1.11 bits per heavy atom. The molecule has 1 saturated heterocycles. The number of carbonyl (C=O) groups is 2. The Balaban J connectivity index is 1.67. The standard InChI is InChI=1S/C21H26N2O4/c1-26-21(25)14-27-19-8-7-18(16-4-2-3-5-17(16)19)23-20(24)9-6-15-10-12-22-13-11-15/h2-5,7-8,15,22H,6,9-14H2,1H3,(H,23,24). The number of methoxy groups -OCH3 is 1. The van der Waals surface area contributed by atoms with E-state index in [1.807, 2.05) is 30.3 Å². The molecule has 1 amide bonds. The molecule has 27 heavy (non-hydrogen) atoms. The molecule has 1 fully saturated rings. The molecule has 6 heteroatoms. The minimum Gasteiger partial charge on any atom is -0.481 e. The van der Waals surface area contributed by atoms with Gasteiger partial charge in [-0.05, 0) is 50.4 Å². The molecule has 1 aliphatic heterocycles. The quantitative estimate of drug-likeness (QED) is 0.733. The Bertz CT molecular complexity index is 800. The molecule has 2 aromatic rings. The smallest absolute Gasteiger partial charge is 0.343 e. The lowest BCUT2D eigenvalue weighted by Gasteiger charge is -2.22. The van der Waals surface area contributed by atoms with Crippen molar-refractivity contribution in [1.29, 1.82) is 0 Å². The maximum atomic E-state index is 12.4. The zero-order valence-corrected chi connectivity index (χ0v) is 15.6. The van der Waals surface area contributed by atoms with Crippen LogP contribution in [0.2, 0.25) is 0 Å². The Kier molecular flexibility index (Phi) is 6.65. The van der Waals surface area contributed by atoms with Gasteiger partial charge in [-0.15, -0.1) is 0 Å². The second-order valence-corrected chi connectivity index (χ2v) is 6.80. The number of esters is 1. The highest BCUT2D eigenvalue weighted by Crippen LogP contribution is 2.32. The topological polar surface area (TPSA) is 76.7 Å². The van der Waals surface area contributed by atoms with Gasteiger partial charge in [0.15, 0.2) is 6.61 Å². The molecule has 3 rings (SSSR count). The Hall–Kier alpha value is -2.60. The number of anilines is 1. The summed E-state index contributed by atoms with van der Waals surface area (Å²) >= 11 is 0. The fourth-order valence-electron chi connectivity index (χ4n) is 3.42. The molecular formula is C21H26N2O4. The zero-order valence-electron chi connectivity index (χ0n) is 15.6. The molecule has 0 aliphatic carbocycles. The lowest BCUT2D eigenvalue weighted by Crippen LogP contribution is -2.28. The molecule has 0 spiro atoms. The summed E-state index contributed by atoms with van der Waals surface area (Å²) < 4.78 is 10.2. The van der Waals surface area contributed by atoms with E-state index >= 15 is 0 Å². The summed E-state index contributed by atoms with van der Waals surface area (Å²) in [6.45, 7) is 1.94. The summed E-state index contributed by atoms with van der Waals surface area (Å²) in [6.07, 6.45) is 3.73. The van der Waals surface area contributed by atoms with Crippen molar-refractivity contribution >= 4 is 28.3 Å². The maximum absolute atomic E-state index is 12.4. The van der Waals surface area contributed by atoms with E-state index in [9.17, 15) is 9.59 Å². The van der Waals surface area contributed by atoms with Gasteiger partial charge in [0.25, 0.3) is 0 Å². The summed E-state index contributed by atoms with van der Waals surface area (Å²) in [5.41, 5.74) is 0.756. The van der Waals surface area contributed by atoms with Crippen molar-refractivity contribution in [2.75, 3.05) is 32.1 Å². The molecular weight excluding hydrogens is 344 g/mol. The molecule has 0 atom stereocenters. The second kappa shape index (κ2) is 9.37. The van der Waals surface area contributed by atoms with Crippen LogP contribution < -0.4 is 15.4 Å². The van der Waals surface area contributed by atoms with Crippen molar-refractivity contribution in [2.24, 2.45) is 5.92 Å². The van der Waals surface area contributed by atoms with Gasteiger partial charge in [0.1, 0.15) is 5.75 Å². The Morgan fingerprint density at radius 3 is 2.59 bits per heavy atom. The van der Waals surface area contributed by atoms with Crippen LogP contribution in [-0.4, -0.2) is 38.7 Å². The van der Waals surface area contributed by atoms with E-state index < -0.39 is 5.97 Å². The van der Waals surface area contributed by atoms with Crippen LogP contribution in [0.5, 0.6) is 5.75 Å². The highest BCUT2D eigenvalue weighted by atomic mass is 16.6. The lowest BCUT2D eigenvalue weighted by molar-refractivity contribution is -0.142.